The van der Waals surface area contributed by atoms with E-state index in [1.54, 1.807) is 43.3 Å². The molecule has 0 aliphatic heterocycles. The van der Waals surface area contributed by atoms with Gasteiger partial charge in [0.15, 0.2) is 6.10 Å². The van der Waals surface area contributed by atoms with Crippen LogP contribution in [-0.4, -0.2) is 24.6 Å². The Morgan fingerprint density at radius 3 is 2.38 bits per heavy atom. The van der Waals surface area contributed by atoms with Crippen LogP contribution in [-0.2, 0) is 9.53 Å². The summed E-state index contributed by atoms with van der Waals surface area (Å²) in [5.41, 5.74) is 1.88. The number of aryl methyl sites for hydroxylation is 1. The molecule has 0 aliphatic rings. The number of hydrogen-bond acceptors (Lipinski definition) is 4. The van der Waals surface area contributed by atoms with Gasteiger partial charge in [0, 0.05) is 5.69 Å². The van der Waals surface area contributed by atoms with Crippen LogP contribution in [0.4, 0.5) is 5.69 Å². The fraction of sp³-hybridized carbons (Fsp3) is 0.263. The molecule has 0 aromatic heterocycles. The van der Waals surface area contributed by atoms with Crippen LogP contribution in [0.5, 0.6) is 5.75 Å². The third kappa shape index (κ3) is 4.59. The van der Waals surface area contributed by atoms with Crippen LogP contribution in [0.2, 0.25) is 0 Å². The van der Waals surface area contributed by atoms with Crippen LogP contribution in [0.3, 0.4) is 0 Å². The van der Waals surface area contributed by atoms with Crippen molar-refractivity contribution in [3.05, 3.63) is 59.7 Å². The Hall–Kier alpha value is -2.82. The van der Waals surface area contributed by atoms with Crippen molar-refractivity contribution in [1.29, 1.82) is 0 Å². The summed E-state index contributed by atoms with van der Waals surface area (Å²) < 4.78 is 10.6. The molecule has 0 bridgehead atoms. The van der Waals surface area contributed by atoms with Crippen molar-refractivity contribution in [2.75, 3.05) is 11.9 Å². The van der Waals surface area contributed by atoms with Gasteiger partial charge in [-0.15, -0.1) is 0 Å². The average Bonchev–Trinajstić information content (AvgIpc) is 2.57. The molecule has 0 saturated carbocycles. The van der Waals surface area contributed by atoms with E-state index in [0.29, 0.717) is 17.9 Å². The number of benzene rings is 2. The standard InChI is InChI=1S/C19H21NO4/c1-4-23-16-11-9-15(10-12-16)20-18(21)14(3)24-19(22)17-8-6-5-7-13(17)2/h5-12,14H,4H2,1-3H3,(H,20,21)/t14-/m0/s1. The summed E-state index contributed by atoms with van der Waals surface area (Å²) in [6.45, 7) is 5.85. The zero-order valence-electron chi connectivity index (χ0n) is 14.0. The lowest BCUT2D eigenvalue weighted by Gasteiger charge is -2.14. The summed E-state index contributed by atoms with van der Waals surface area (Å²) in [7, 11) is 0. The Kier molecular flexibility index (Phi) is 5.95. The van der Waals surface area contributed by atoms with E-state index in [0.717, 1.165) is 11.3 Å². The molecular weight excluding hydrogens is 306 g/mol. The zero-order valence-corrected chi connectivity index (χ0v) is 14.0. The van der Waals surface area contributed by atoms with Crippen molar-refractivity contribution in [2.45, 2.75) is 26.9 Å². The lowest BCUT2D eigenvalue weighted by molar-refractivity contribution is -0.123. The molecule has 0 saturated heterocycles. The highest BCUT2D eigenvalue weighted by atomic mass is 16.5. The first-order valence-electron chi connectivity index (χ1n) is 7.81. The van der Waals surface area contributed by atoms with Crippen LogP contribution in [0.1, 0.15) is 29.8 Å². The van der Waals surface area contributed by atoms with Crippen molar-refractivity contribution in [3.8, 4) is 5.75 Å². The summed E-state index contributed by atoms with van der Waals surface area (Å²) >= 11 is 0. The molecule has 0 spiro atoms. The topological polar surface area (TPSA) is 64.6 Å². The summed E-state index contributed by atoms with van der Waals surface area (Å²) in [6.07, 6.45) is -0.899. The van der Waals surface area contributed by atoms with Gasteiger partial charge in [-0.3, -0.25) is 4.79 Å². The molecule has 0 fully saturated rings. The van der Waals surface area contributed by atoms with Gasteiger partial charge in [0.1, 0.15) is 5.75 Å². The second kappa shape index (κ2) is 8.15. The van der Waals surface area contributed by atoms with E-state index in [9.17, 15) is 9.59 Å². The molecule has 2 rings (SSSR count). The van der Waals surface area contributed by atoms with E-state index in [-0.39, 0.29) is 5.91 Å². The van der Waals surface area contributed by atoms with Gasteiger partial charge in [0.2, 0.25) is 0 Å². The molecule has 2 aromatic rings. The maximum Gasteiger partial charge on any atom is 0.339 e. The van der Waals surface area contributed by atoms with Crippen molar-refractivity contribution < 1.29 is 19.1 Å². The molecular formula is C19H21NO4. The minimum absolute atomic E-state index is 0.388. The highest BCUT2D eigenvalue weighted by Crippen LogP contribution is 2.16. The van der Waals surface area contributed by atoms with Crippen LogP contribution < -0.4 is 10.1 Å². The molecule has 1 amide bonds. The first kappa shape index (κ1) is 17.5. The second-order valence-corrected chi connectivity index (χ2v) is 5.31. The molecule has 2 aromatic carbocycles. The van der Waals surface area contributed by atoms with Gasteiger partial charge in [-0.2, -0.15) is 0 Å². The monoisotopic (exact) mass is 327 g/mol. The molecule has 24 heavy (non-hydrogen) atoms. The van der Waals surface area contributed by atoms with Gasteiger partial charge in [-0.1, -0.05) is 18.2 Å². The number of amides is 1. The second-order valence-electron chi connectivity index (χ2n) is 5.31. The fourth-order valence-electron chi connectivity index (χ4n) is 2.12. The van der Waals surface area contributed by atoms with Crippen LogP contribution >= 0.6 is 0 Å². The van der Waals surface area contributed by atoms with Gasteiger partial charge < -0.3 is 14.8 Å². The molecule has 5 heteroatoms. The van der Waals surface area contributed by atoms with Crippen molar-refractivity contribution in [2.24, 2.45) is 0 Å². The molecule has 0 radical (unpaired) electrons. The van der Waals surface area contributed by atoms with Crippen molar-refractivity contribution in [3.63, 3.8) is 0 Å². The van der Waals surface area contributed by atoms with Gasteiger partial charge in [0.25, 0.3) is 5.91 Å². The van der Waals surface area contributed by atoms with E-state index in [1.807, 2.05) is 26.0 Å². The molecule has 0 aliphatic carbocycles. The van der Waals surface area contributed by atoms with E-state index in [2.05, 4.69) is 5.32 Å². The van der Waals surface area contributed by atoms with Crippen LogP contribution in [0, 0.1) is 6.92 Å². The summed E-state index contributed by atoms with van der Waals surface area (Å²) in [5.74, 6) is -0.168. The van der Waals surface area contributed by atoms with E-state index in [4.69, 9.17) is 9.47 Å². The summed E-state index contributed by atoms with van der Waals surface area (Å²) in [4.78, 5) is 24.3. The maximum absolute atomic E-state index is 12.2. The number of ether oxygens (including phenoxy) is 2. The normalized spacial score (nSPS) is 11.5. The zero-order chi connectivity index (χ0) is 17.5. The Bertz CT molecular complexity index is 710. The van der Waals surface area contributed by atoms with Gasteiger partial charge in [-0.05, 0) is 56.7 Å². The lowest BCUT2D eigenvalue weighted by Crippen LogP contribution is -2.30. The fourth-order valence-corrected chi connectivity index (χ4v) is 2.12. The van der Waals surface area contributed by atoms with Crippen LogP contribution in [0.15, 0.2) is 48.5 Å². The van der Waals surface area contributed by atoms with Crippen molar-refractivity contribution in [1.82, 2.24) is 0 Å². The Balaban J connectivity index is 1.94. The minimum atomic E-state index is -0.899. The summed E-state index contributed by atoms with van der Waals surface area (Å²) in [6, 6.07) is 14.1. The number of carbonyl (C=O) groups excluding carboxylic acids is 2. The summed E-state index contributed by atoms with van der Waals surface area (Å²) in [5, 5.41) is 2.71. The maximum atomic E-state index is 12.2. The Morgan fingerprint density at radius 1 is 1.08 bits per heavy atom. The molecule has 126 valence electrons. The first-order chi connectivity index (χ1) is 11.5. The molecule has 1 N–H and O–H groups in total. The van der Waals surface area contributed by atoms with E-state index in [1.165, 1.54) is 0 Å². The molecule has 0 heterocycles. The number of anilines is 1. The van der Waals surface area contributed by atoms with Gasteiger partial charge in [-0.25, -0.2) is 4.79 Å². The molecule has 0 unspecified atom stereocenters. The van der Waals surface area contributed by atoms with Gasteiger partial charge in [0.05, 0.1) is 12.2 Å². The number of nitrogens with one attached hydrogen (secondary N) is 1. The highest BCUT2D eigenvalue weighted by Gasteiger charge is 2.19. The third-order valence-electron chi connectivity index (χ3n) is 3.45. The quantitative estimate of drug-likeness (QED) is 0.824. The number of carbonyl (C=O) groups is 2. The first-order valence-corrected chi connectivity index (χ1v) is 7.81. The average molecular weight is 327 g/mol. The highest BCUT2D eigenvalue weighted by molar-refractivity contribution is 5.97. The molecule has 5 nitrogen and oxygen atoms in total. The third-order valence-corrected chi connectivity index (χ3v) is 3.45. The Labute approximate surface area is 141 Å². The largest absolute Gasteiger partial charge is 0.494 e. The number of esters is 1. The van der Waals surface area contributed by atoms with Gasteiger partial charge >= 0.3 is 5.97 Å². The smallest absolute Gasteiger partial charge is 0.339 e. The SMILES string of the molecule is CCOc1ccc(NC(=O)[C@H](C)OC(=O)c2ccccc2C)cc1. The lowest BCUT2D eigenvalue weighted by atomic mass is 10.1. The minimum Gasteiger partial charge on any atom is -0.494 e. The van der Waals surface area contributed by atoms with E-state index < -0.39 is 12.1 Å². The van der Waals surface area contributed by atoms with E-state index >= 15 is 0 Å². The Morgan fingerprint density at radius 2 is 1.75 bits per heavy atom. The van der Waals surface area contributed by atoms with Crippen LogP contribution in [0.25, 0.3) is 0 Å². The predicted molar refractivity (Wildman–Crippen MR) is 92.3 cm³/mol. The number of rotatable bonds is 6. The molecule has 1 atom stereocenters. The number of hydrogen-bond donors (Lipinski definition) is 1. The predicted octanol–water partition coefficient (Wildman–Crippen LogP) is 3.58. The van der Waals surface area contributed by atoms with Crippen molar-refractivity contribution >= 4 is 17.6 Å².